The molecule has 2 nitrogen and oxygen atoms in total. The van der Waals surface area contributed by atoms with Gasteiger partial charge in [0.05, 0.1) is 11.0 Å². The van der Waals surface area contributed by atoms with Crippen molar-refractivity contribution < 1.29 is 0 Å². The van der Waals surface area contributed by atoms with Crippen LogP contribution in [0, 0.1) is 0 Å². The first-order chi connectivity index (χ1) is 24.3. The number of nitrogens with zero attached hydrogens (tertiary/aromatic N) is 2. The smallest absolute Gasteiger partial charge is 0.0562 e. The third-order valence-electron chi connectivity index (χ3n) is 10.3. The minimum absolute atomic E-state index is 1.12. The van der Waals surface area contributed by atoms with Gasteiger partial charge in [0.2, 0.25) is 0 Å². The number of thiophene rings is 1. The summed E-state index contributed by atoms with van der Waals surface area (Å²) in [5.74, 6) is 0. The van der Waals surface area contributed by atoms with Gasteiger partial charge in [-0.05, 0) is 94.2 Å². The van der Waals surface area contributed by atoms with Gasteiger partial charge in [0.1, 0.15) is 0 Å². The quantitative estimate of drug-likeness (QED) is 0.186. The molecule has 0 saturated carbocycles. The van der Waals surface area contributed by atoms with E-state index in [0.29, 0.717) is 0 Å². The van der Waals surface area contributed by atoms with Gasteiger partial charge in [-0.25, -0.2) is 0 Å². The van der Waals surface area contributed by atoms with Crippen LogP contribution in [0.4, 0.5) is 17.1 Å². The summed E-state index contributed by atoms with van der Waals surface area (Å²) in [4.78, 5) is 2.32. The van der Waals surface area contributed by atoms with Gasteiger partial charge in [0.15, 0.2) is 0 Å². The van der Waals surface area contributed by atoms with Gasteiger partial charge in [-0.15, -0.1) is 11.3 Å². The average molecular weight is 641 g/mol. The van der Waals surface area contributed by atoms with Crippen LogP contribution in [-0.4, -0.2) is 4.57 Å². The minimum Gasteiger partial charge on any atom is -0.311 e. The number of aromatic nitrogens is 1. The zero-order valence-electron chi connectivity index (χ0n) is 26.5. The summed E-state index contributed by atoms with van der Waals surface area (Å²) < 4.78 is 5.14. The lowest BCUT2D eigenvalue weighted by Gasteiger charge is -2.25. The number of benzene rings is 8. The summed E-state index contributed by atoms with van der Waals surface area (Å²) in [6.45, 7) is 0. The summed E-state index contributed by atoms with van der Waals surface area (Å²) >= 11 is 1.90. The van der Waals surface area contributed by atoms with Crippen LogP contribution in [0.25, 0.3) is 80.7 Å². The Morgan fingerprint density at radius 2 is 1.02 bits per heavy atom. The van der Waals surface area contributed by atoms with E-state index in [1.54, 1.807) is 0 Å². The van der Waals surface area contributed by atoms with Gasteiger partial charge in [-0.2, -0.15) is 0 Å². The van der Waals surface area contributed by atoms with Crippen LogP contribution >= 0.6 is 11.3 Å². The Balaban J connectivity index is 1.24. The van der Waals surface area contributed by atoms with Crippen LogP contribution in [0.1, 0.15) is 0 Å². The van der Waals surface area contributed by atoms with Crippen molar-refractivity contribution in [2.45, 2.75) is 0 Å². The molecule has 11 rings (SSSR count). The Bertz CT molecular complexity index is 2870. The van der Waals surface area contributed by atoms with Crippen molar-refractivity contribution >= 4 is 81.1 Å². The van der Waals surface area contributed by atoms with E-state index in [1.807, 2.05) is 11.3 Å². The maximum Gasteiger partial charge on any atom is 0.0562 e. The molecule has 2 heterocycles. The standard InChI is InChI=1S/C46H28N2S/c1-3-14-30(15-4-1)47(31-16-5-2-6-17-31)32-24-26-33(27-25-32)48-38-22-11-20-35-34-19-9-12-29-13-10-21-37(42(29)34)45-44-36-18-7-8-23-40(36)49-41(44)28-39(48)46(45)43(35)38/h1-28H. The molecule has 0 spiro atoms. The molecule has 0 bridgehead atoms. The highest BCUT2D eigenvalue weighted by molar-refractivity contribution is 7.26. The van der Waals surface area contributed by atoms with E-state index in [9.17, 15) is 0 Å². The Morgan fingerprint density at radius 3 is 1.76 bits per heavy atom. The highest BCUT2D eigenvalue weighted by Crippen LogP contribution is 2.54. The Kier molecular flexibility index (Phi) is 5.57. The van der Waals surface area contributed by atoms with E-state index in [4.69, 9.17) is 0 Å². The number of rotatable bonds is 4. The molecule has 0 saturated heterocycles. The molecule has 0 atom stereocenters. The second-order valence-electron chi connectivity index (χ2n) is 12.9. The molecule has 0 unspecified atom stereocenters. The van der Waals surface area contributed by atoms with Gasteiger partial charge < -0.3 is 9.47 Å². The number of hydrogen-bond acceptors (Lipinski definition) is 2. The predicted octanol–water partition coefficient (Wildman–Crippen LogP) is 13.4. The zero-order valence-corrected chi connectivity index (χ0v) is 27.3. The second-order valence-corrected chi connectivity index (χ2v) is 14.0. The zero-order chi connectivity index (χ0) is 32.1. The van der Waals surface area contributed by atoms with E-state index in [0.717, 1.165) is 22.7 Å². The van der Waals surface area contributed by atoms with Crippen molar-refractivity contribution in [1.29, 1.82) is 0 Å². The molecule has 0 fully saturated rings. The Labute approximate surface area is 287 Å². The van der Waals surface area contributed by atoms with Crippen molar-refractivity contribution in [2.75, 3.05) is 4.90 Å². The first-order valence-corrected chi connectivity index (χ1v) is 17.6. The fourth-order valence-corrected chi connectivity index (χ4v) is 9.47. The summed E-state index contributed by atoms with van der Waals surface area (Å²) in [6.07, 6.45) is 0. The fourth-order valence-electron chi connectivity index (χ4n) is 8.32. The van der Waals surface area contributed by atoms with Crippen LogP contribution in [-0.2, 0) is 0 Å². The average Bonchev–Trinajstić information content (AvgIpc) is 3.66. The normalized spacial score (nSPS) is 12.1. The third-order valence-corrected chi connectivity index (χ3v) is 11.4. The van der Waals surface area contributed by atoms with Gasteiger partial charge in [0, 0.05) is 59.3 Å². The minimum atomic E-state index is 1.12. The summed E-state index contributed by atoms with van der Waals surface area (Å²) in [5.41, 5.74) is 12.3. The summed E-state index contributed by atoms with van der Waals surface area (Å²) in [6, 6.07) is 62.2. The van der Waals surface area contributed by atoms with Gasteiger partial charge in [-0.3, -0.25) is 0 Å². The van der Waals surface area contributed by atoms with E-state index >= 15 is 0 Å². The van der Waals surface area contributed by atoms with E-state index in [2.05, 4.69) is 179 Å². The van der Waals surface area contributed by atoms with Crippen molar-refractivity contribution in [1.82, 2.24) is 4.57 Å². The third kappa shape index (κ3) is 3.76. The largest absolute Gasteiger partial charge is 0.311 e. The Hall–Kier alpha value is -6.16. The van der Waals surface area contributed by atoms with E-state index in [-0.39, 0.29) is 0 Å². The number of hydrogen-bond donors (Lipinski definition) is 0. The lowest BCUT2D eigenvalue weighted by atomic mass is 9.91. The molecule has 0 N–H and O–H groups in total. The maximum absolute atomic E-state index is 2.49. The molecule has 0 aliphatic heterocycles. The van der Waals surface area contributed by atoms with Crippen LogP contribution < -0.4 is 4.90 Å². The molecule has 0 amide bonds. The number of fused-ring (bicyclic) bond motifs is 6. The molecule has 8 aromatic carbocycles. The van der Waals surface area contributed by atoms with Gasteiger partial charge in [0.25, 0.3) is 0 Å². The van der Waals surface area contributed by atoms with Crippen molar-refractivity contribution in [2.24, 2.45) is 0 Å². The molecule has 1 aliphatic carbocycles. The van der Waals surface area contributed by atoms with Crippen molar-refractivity contribution in [3.8, 4) is 27.9 Å². The molecule has 228 valence electrons. The number of anilines is 3. The predicted molar refractivity (Wildman–Crippen MR) is 210 cm³/mol. The second kappa shape index (κ2) is 10.2. The summed E-state index contributed by atoms with van der Waals surface area (Å²) in [5, 5.41) is 7.99. The highest BCUT2D eigenvalue weighted by Gasteiger charge is 2.28. The molecule has 0 radical (unpaired) electrons. The molecule has 10 aromatic rings. The number of para-hydroxylation sites is 2. The molecule has 2 aromatic heterocycles. The molecule has 1 aliphatic rings. The van der Waals surface area contributed by atoms with Gasteiger partial charge in [-0.1, -0.05) is 103 Å². The SMILES string of the molecule is c1ccc(N(c2ccccc2)c2ccc(-n3c4cccc5c4c4c(c6c(cc43)sc3ccccc36)-c3cccc4cccc-5c34)cc2)cc1. The van der Waals surface area contributed by atoms with E-state index in [1.165, 1.54) is 75.0 Å². The van der Waals surface area contributed by atoms with Crippen molar-refractivity contribution in [3.63, 3.8) is 0 Å². The van der Waals surface area contributed by atoms with Crippen LogP contribution in [0.15, 0.2) is 170 Å². The van der Waals surface area contributed by atoms with Crippen LogP contribution in [0.3, 0.4) is 0 Å². The highest BCUT2D eigenvalue weighted by atomic mass is 32.1. The van der Waals surface area contributed by atoms with Gasteiger partial charge >= 0.3 is 0 Å². The van der Waals surface area contributed by atoms with Crippen LogP contribution in [0.5, 0.6) is 0 Å². The Morgan fingerprint density at radius 1 is 0.408 bits per heavy atom. The fraction of sp³-hybridized carbons (Fsp3) is 0. The van der Waals surface area contributed by atoms with Crippen LogP contribution in [0.2, 0.25) is 0 Å². The molecule has 3 heteroatoms. The molecule has 49 heavy (non-hydrogen) atoms. The first-order valence-electron chi connectivity index (χ1n) is 16.8. The molecular weight excluding hydrogens is 613 g/mol. The lowest BCUT2D eigenvalue weighted by Crippen LogP contribution is -2.09. The topological polar surface area (TPSA) is 8.17 Å². The first kappa shape index (κ1) is 26.9. The summed E-state index contributed by atoms with van der Waals surface area (Å²) in [7, 11) is 0. The molecular formula is C46H28N2S. The van der Waals surface area contributed by atoms with E-state index < -0.39 is 0 Å². The van der Waals surface area contributed by atoms with Crippen molar-refractivity contribution in [3.05, 3.63) is 170 Å². The maximum atomic E-state index is 2.49. The lowest BCUT2D eigenvalue weighted by molar-refractivity contribution is 1.17. The monoisotopic (exact) mass is 640 g/mol.